The molecule has 0 aliphatic carbocycles. The molecule has 0 bridgehead atoms. The zero-order chi connectivity index (χ0) is 10.3. The number of nitrogens with one attached hydrogen (secondary N) is 1. The van der Waals surface area contributed by atoms with Gasteiger partial charge in [0.15, 0.2) is 0 Å². The summed E-state index contributed by atoms with van der Waals surface area (Å²) in [5, 5.41) is 5.41. The third-order valence-corrected chi connectivity index (χ3v) is 3.85. The number of thiocarbonyl (C=S) groups is 1. The van der Waals surface area contributed by atoms with Gasteiger partial charge in [0.05, 0.1) is 0 Å². The number of hydrogen-bond acceptors (Lipinski definition) is 2. The van der Waals surface area contributed by atoms with Crippen LogP contribution in [0.1, 0.15) is 16.0 Å². The van der Waals surface area contributed by atoms with Gasteiger partial charge in [0.2, 0.25) is 0 Å². The summed E-state index contributed by atoms with van der Waals surface area (Å²) < 4.78 is 0. The highest BCUT2D eigenvalue weighted by Gasteiger charge is 2.16. The van der Waals surface area contributed by atoms with Gasteiger partial charge in [-0.25, -0.2) is 0 Å². The molecule has 74 valence electrons. The molecule has 1 aliphatic rings. The Labute approximate surface area is 97.8 Å². The van der Waals surface area contributed by atoms with Crippen molar-refractivity contribution in [1.82, 2.24) is 0 Å². The molecule has 15 heavy (non-hydrogen) atoms. The highest BCUT2D eigenvalue weighted by molar-refractivity contribution is 7.81. The second-order valence-corrected chi connectivity index (χ2v) is 4.95. The summed E-state index contributed by atoms with van der Waals surface area (Å²) >= 11 is 7.15. The van der Waals surface area contributed by atoms with Gasteiger partial charge in [-0.3, -0.25) is 0 Å². The Morgan fingerprint density at radius 2 is 2.07 bits per heavy atom. The minimum absolute atomic E-state index is 0.844. The lowest BCUT2D eigenvalue weighted by Gasteiger charge is -2.06. The van der Waals surface area contributed by atoms with Crippen molar-refractivity contribution in [3.05, 3.63) is 51.7 Å². The molecule has 0 atom stereocenters. The van der Waals surface area contributed by atoms with Crippen molar-refractivity contribution in [3.8, 4) is 0 Å². The van der Waals surface area contributed by atoms with E-state index in [1.807, 2.05) is 6.07 Å². The van der Waals surface area contributed by atoms with E-state index >= 15 is 0 Å². The van der Waals surface area contributed by atoms with Crippen LogP contribution >= 0.6 is 23.6 Å². The fraction of sp³-hybridized carbons (Fsp3) is 0.0833. The normalized spacial score (nSPS) is 13.7. The summed E-state index contributed by atoms with van der Waals surface area (Å²) in [6, 6.07) is 10.4. The highest BCUT2D eigenvalue weighted by Crippen LogP contribution is 2.29. The van der Waals surface area contributed by atoms with E-state index in [1.165, 1.54) is 16.0 Å². The van der Waals surface area contributed by atoms with E-state index in [0.29, 0.717) is 0 Å². The fourth-order valence-corrected chi connectivity index (χ4v) is 3.11. The van der Waals surface area contributed by atoms with E-state index in [0.717, 1.165) is 17.1 Å². The molecule has 3 rings (SSSR count). The number of para-hydroxylation sites is 1. The average Bonchev–Trinajstić information content (AvgIpc) is 2.64. The van der Waals surface area contributed by atoms with Crippen LogP contribution in [0.3, 0.4) is 0 Å². The van der Waals surface area contributed by atoms with Crippen LogP contribution in [-0.2, 0) is 6.42 Å². The van der Waals surface area contributed by atoms with Gasteiger partial charge >= 0.3 is 0 Å². The van der Waals surface area contributed by atoms with Gasteiger partial charge in [-0.15, -0.1) is 11.3 Å². The van der Waals surface area contributed by atoms with Crippen LogP contribution in [-0.4, -0.2) is 4.99 Å². The summed E-state index contributed by atoms with van der Waals surface area (Å²) in [6.45, 7) is 0. The zero-order valence-electron chi connectivity index (χ0n) is 7.99. The third-order valence-electron chi connectivity index (χ3n) is 2.61. The molecule has 0 radical (unpaired) electrons. The van der Waals surface area contributed by atoms with Crippen molar-refractivity contribution in [1.29, 1.82) is 0 Å². The molecule has 3 heteroatoms. The first kappa shape index (κ1) is 9.07. The molecule has 1 aromatic carbocycles. The van der Waals surface area contributed by atoms with Crippen molar-refractivity contribution in [3.63, 3.8) is 0 Å². The van der Waals surface area contributed by atoms with E-state index < -0.39 is 0 Å². The van der Waals surface area contributed by atoms with Crippen LogP contribution in [0.25, 0.3) is 0 Å². The van der Waals surface area contributed by atoms with Crippen LogP contribution in [0.2, 0.25) is 0 Å². The van der Waals surface area contributed by atoms with Crippen molar-refractivity contribution >= 4 is 34.2 Å². The topological polar surface area (TPSA) is 12.0 Å². The summed E-state index contributed by atoms with van der Waals surface area (Å²) in [7, 11) is 0. The van der Waals surface area contributed by atoms with Crippen molar-refractivity contribution in [2.75, 3.05) is 5.32 Å². The van der Waals surface area contributed by atoms with Crippen molar-refractivity contribution < 1.29 is 0 Å². The van der Waals surface area contributed by atoms with Crippen LogP contribution in [0.15, 0.2) is 35.7 Å². The lowest BCUT2D eigenvalue weighted by molar-refractivity contribution is 1.25. The quantitative estimate of drug-likeness (QED) is 0.697. The number of benzene rings is 1. The first-order valence-electron chi connectivity index (χ1n) is 4.80. The van der Waals surface area contributed by atoms with Gasteiger partial charge < -0.3 is 5.32 Å². The van der Waals surface area contributed by atoms with Crippen molar-refractivity contribution in [2.24, 2.45) is 0 Å². The van der Waals surface area contributed by atoms with Gasteiger partial charge in [0, 0.05) is 22.5 Å². The number of thiophene rings is 1. The Hall–Kier alpha value is -1.19. The first-order chi connectivity index (χ1) is 7.34. The molecule has 0 unspecified atom stereocenters. The second kappa shape index (κ2) is 3.43. The predicted molar refractivity (Wildman–Crippen MR) is 68.9 cm³/mol. The van der Waals surface area contributed by atoms with E-state index in [-0.39, 0.29) is 0 Å². The van der Waals surface area contributed by atoms with Gasteiger partial charge in [-0.05, 0) is 23.1 Å². The Morgan fingerprint density at radius 1 is 1.20 bits per heavy atom. The van der Waals surface area contributed by atoms with Gasteiger partial charge in [0.1, 0.15) is 4.99 Å². The number of rotatable bonds is 0. The monoisotopic (exact) mass is 231 g/mol. The number of anilines is 1. The molecule has 1 aliphatic heterocycles. The molecule has 1 aromatic heterocycles. The van der Waals surface area contributed by atoms with Gasteiger partial charge in [-0.1, -0.05) is 30.4 Å². The smallest absolute Gasteiger partial charge is 0.112 e. The summed E-state index contributed by atoms with van der Waals surface area (Å²) in [5.41, 5.74) is 3.65. The maximum atomic E-state index is 5.37. The van der Waals surface area contributed by atoms with Crippen LogP contribution in [0.4, 0.5) is 5.69 Å². The SMILES string of the molecule is S=C1Nc2ccccc2Cc2sccc21. The largest absolute Gasteiger partial charge is 0.346 e. The van der Waals surface area contributed by atoms with Crippen LogP contribution in [0.5, 0.6) is 0 Å². The Kier molecular flexibility index (Phi) is 2.08. The van der Waals surface area contributed by atoms with E-state index in [4.69, 9.17) is 12.2 Å². The summed E-state index contributed by atoms with van der Waals surface area (Å²) in [6.07, 6.45) is 0.982. The molecular weight excluding hydrogens is 222 g/mol. The number of fused-ring (bicyclic) bond motifs is 2. The maximum absolute atomic E-state index is 5.37. The average molecular weight is 231 g/mol. The first-order valence-corrected chi connectivity index (χ1v) is 6.09. The Morgan fingerprint density at radius 3 is 3.00 bits per heavy atom. The standard InChI is InChI=1S/C12H9NS2/c14-12-9-5-6-15-11(9)7-8-3-1-2-4-10(8)13-12/h1-6H,7H2,(H,13,14). The lowest BCUT2D eigenvalue weighted by atomic mass is 10.1. The summed E-state index contributed by atoms with van der Waals surface area (Å²) in [4.78, 5) is 2.20. The fourth-order valence-electron chi connectivity index (χ4n) is 1.84. The molecule has 1 N–H and O–H groups in total. The third kappa shape index (κ3) is 1.48. The van der Waals surface area contributed by atoms with Crippen LogP contribution in [0, 0.1) is 0 Å². The molecule has 2 aromatic rings. The molecule has 1 nitrogen and oxygen atoms in total. The maximum Gasteiger partial charge on any atom is 0.112 e. The van der Waals surface area contributed by atoms with E-state index in [2.05, 4.69) is 35.0 Å². The molecule has 0 spiro atoms. The molecule has 0 saturated carbocycles. The van der Waals surface area contributed by atoms with Crippen molar-refractivity contribution in [2.45, 2.75) is 6.42 Å². The highest BCUT2D eigenvalue weighted by atomic mass is 32.1. The molecule has 0 fully saturated rings. The number of hydrogen-bond donors (Lipinski definition) is 1. The van der Waals surface area contributed by atoms with E-state index in [1.54, 1.807) is 11.3 Å². The van der Waals surface area contributed by atoms with Gasteiger partial charge in [-0.2, -0.15) is 0 Å². The van der Waals surface area contributed by atoms with E-state index in [9.17, 15) is 0 Å². The second-order valence-electron chi connectivity index (χ2n) is 3.55. The lowest BCUT2D eigenvalue weighted by Crippen LogP contribution is -2.08. The molecule has 2 heterocycles. The molecular formula is C12H9NS2. The minimum Gasteiger partial charge on any atom is -0.346 e. The predicted octanol–water partition coefficient (Wildman–Crippen LogP) is 3.44. The van der Waals surface area contributed by atoms with Gasteiger partial charge in [0.25, 0.3) is 0 Å². The molecule has 0 amide bonds. The summed E-state index contributed by atoms with van der Waals surface area (Å²) in [5.74, 6) is 0. The van der Waals surface area contributed by atoms with Crippen LogP contribution < -0.4 is 5.32 Å². The Balaban J connectivity index is 2.18. The minimum atomic E-state index is 0.844. The Bertz CT molecular complexity index is 528. The molecule has 0 saturated heterocycles. The zero-order valence-corrected chi connectivity index (χ0v) is 9.62.